The SMILES string of the molecule is COCCSCC(N)c1ccc(CC(C)C)cc1. The average Bonchev–Trinajstić information content (AvgIpc) is 2.34. The van der Waals surface area contributed by atoms with Crippen molar-refractivity contribution in [2.24, 2.45) is 11.7 Å². The molecule has 0 aromatic heterocycles. The van der Waals surface area contributed by atoms with Crippen LogP contribution in [0.2, 0.25) is 0 Å². The van der Waals surface area contributed by atoms with Gasteiger partial charge in [-0.3, -0.25) is 0 Å². The number of hydrogen-bond acceptors (Lipinski definition) is 3. The molecule has 0 aliphatic rings. The van der Waals surface area contributed by atoms with Crippen molar-refractivity contribution in [3.05, 3.63) is 35.4 Å². The van der Waals surface area contributed by atoms with Gasteiger partial charge in [0, 0.05) is 24.7 Å². The Bertz CT molecular complexity index is 324. The molecular formula is C15H25NOS. The first-order valence-corrected chi connectivity index (χ1v) is 7.70. The number of nitrogens with two attached hydrogens (primary N) is 1. The van der Waals surface area contributed by atoms with Crippen molar-refractivity contribution < 1.29 is 4.74 Å². The van der Waals surface area contributed by atoms with E-state index in [-0.39, 0.29) is 6.04 Å². The van der Waals surface area contributed by atoms with E-state index in [4.69, 9.17) is 10.5 Å². The molecule has 1 aromatic rings. The molecule has 102 valence electrons. The van der Waals surface area contributed by atoms with E-state index in [1.54, 1.807) is 7.11 Å². The van der Waals surface area contributed by atoms with Gasteiger partial charge in [-0.25, -0.2) is 0 Å². The summed E-state index contributed by atoms with van der Waals surface area (Å²) in [6.07, 6.45) is 1.14. The van der Waals surface area contributed by atoms with Crippen molar-refractivity contribution >= 4 is 11.8 Å². The average molecular weight is 267 g/mol. The van der Waals surface area contributed by atoms with Crippen LogP contribution in [0, 0.1) is 5.92 Å². The van der Waals surface area contributed by atoms with Gasteiger partial charge in [-0.2, -0.15) is 11.8 Å². The molecule has 3 heteroatoms. The quantitative estimate of drug-likeness (QED) is 0.734. The molecule has 0 radical (unpaired) electrons. The third-order valence-corrected chi connectivity index (χ3v) is 3.83. The highest BCUT2D eigenvalue weighted by Gasteiger charge is 2.06. The van der Waals surface area contributed by atoms with E-state index in [0.717, 1.165) is 24.5 Å². The van der Waals surface area contributed by atoms with E-state index in [1.165, 1.54) is 11.1 Å². The van der Waals surface area contributed by atoms with E-state index in [9.17, 15) is 0 Å². The molecule has 1 atom stereocenters. The summed E-state index contributed by atoms with van der Waals surface area (Å²) in [6, 6.07) is 8.86. The Morgan fingerprint density at radius 2 is 1.89 bits per heavy atom. The Labute approximate surface area is 115 Å². The lowest BCUT2D eigenvalue weighted by Gasteiger charge is -2.13. The van der Waals surface area contributed by atoms with Crippen molar-refractivity contribution in [1.29, 1.82) is 0 Å². The largest absolute Gasteiger partial charge is 0.384 e. The second-order valence-corrected chi connectivity index (χ2v) is 6.16. The molecule has 0 bridgehead atoms. The second-order valence-electron chi connectivity index (χ2n) is 5.01. The van der Waals surface area contributed by atoms with E-state index in [1.807, 2.05) is 11.8 Å². The third kappa shape index (κ3) is 5.89. The normalized spacial score (nSPS) is 12.9. The van der Waals surface area contributed by atoms with Crippen molar-refractivity contribution in [2.45, 2.75) is 26.3 Å². The van der Waals surface area contributed by atoms with E-state index >= 15 is 0 Å². The van der Waals surface area contributed by atoms with Crippen LogP contribution in [-0.4, -0.2) is 25.2 Å². The zero-order chi connectivity index (χ0) is 13.4. The zero-order valence-electron chi connectivity index (χ0n) is 11.7. The van der Waals surface area contributed by atoms with Crippen molar-refractivity contribution in [3.8, 4) is 0 Å². The second kappa shape index (κ2) is 8.57. The molecule has 0 spiro atoms. The van der Waals surface area contributed by atoms with Crippen LogP contribution in [0.4, 0.5) is 0 Å². The fraction of sp³-hybridized carbons (Fsp3) is 0.600. The fourth-order valence-electron chi connectivity index (χ4n) is 1.82. The van der Waals surface area contributed by atoms with Crippen LogP contribution in [-0.2, 0) is 11.2 Å². The molecule has 1 rings (SSSR count). The first-order chi connectivity index (χ1) is 8.63. The summed E-state index contributed by atoms with van der Waals surface area (Å²) < 4.78 is 5.02. The minimum absolute atomic E-state index is 0.125. The minimum Gasteiger partial charge on any atom is -0.384 e. The summed E-state index contributed by atoms with van der Waals surface area (Å²) in [5, 5.41) is 0. The zero-order valence-corrected chi connectivity index (χ0v) is 12.5. The molecule has 0 amide bonds. The Balaban J connectivity index is 2.41. The molecule has 0 aliphatic carbocycles. The maximum Gasteiger partial charge on any atom is 0.0552 e. The summed E-state index contributed by atoms with van der Waals surface area (Å²) in [5.74, 6) is 2.66. The molecule has 1 aromatic carbocycles. The molecule has 0 aliphatic heterocycles. The predicted molar refractivity (Wildman–Crippen MR) is 81.1 cm³/mol. The lowest BCUT2D eigenvalue weighted by molar-refractivity contribution is 0.218. The van der Waals surface area contributed by atoms with Crippen LogP contribution in [0.25, 0.3) is 0 Å². The number of methoxy groups -OCH3 is 1. The molecular weight excluding hydrogens is 242 g/mol. The maximum atomic E-state index is 6.17. The molecule has 0 saturated heterocycles. The van der Waals surface area contributed by atoms with Gasteiger partial charge in [-0.1, -0.05) is 38.1 Å². The van der Waals surface area contributed by atoms with Crippen LogP contribution in [0.5, 0.6) is 0 Å². The summed E-state index contributed by atoms with van der Waals surface area (Å²) in [6.45, 7) is 5.28. The monoisotopic (exact) mass is 267 g/mol. The van der Waals surface area contributed by atoms with Crippen molar-refractivity contribution in [2.75, 3.05) is 25.2 Å². The minimum atomic E-state index is 0.125. The van der Waals surface area contributed by atoms with Crippen LogP contribution < -0.4 is 5.73 Å². The standard InChI is InChI=1S/C15H25NOS/c1-12(2)10-13-4-6-14(7-5-13)15(16)11-18-9-8-17-3/h4-7,12,15H,8-11,16H2,1-3H3. The Morgan fingerprint density at radius 3 is 2.44 bits per heavy atom. The molecule has 18 heavy (non-hydrogen) atoms. The molecule has 0 fully saturated rings. The van der Waals surface area contributed by atoms with Gasteiger partial charge >= 0.3 is 0 Å². The highest BCUT2D eigenvalue weighted by Crippen LogP contribution is 2.17. The predicted octanol–water partition coefficient (Wildman–Crippen LogP) is 3.26. The first-order valence-electron chi connectivity index (χ1n) is 6.54. The lowest BCUT2D eigenvalue weighted by atomic mass is 10.0. The Kier molecular flexibility index (Phi) is 7.40. The van der Waals surface area contributed by atoms with E-state index < -0.39 is 0 Å². The van der Waals surface area contributed by atoms with Gasteiger partial charge in [0.05, 0.1) is 6.61 Å². The number of hydrogen-bond donors (Lipinski definition) is 1. The van der Waals surface area contributed by atoms with Gasteiger partial charge in [0.1, 0.15) is 0 Å². The Morgan fingerprint density at radius 1 is 1.22 bits per heavy atom. The summed E-state index contributed by atoms with van der Waals surface area (Å²) in [7, 11) is 1.73. The Hall–Kier alpha value is -0.510. The van der Waals surface area contributed by atoms with Gasteiger partial charge in [-0.15, -0.1) is 0 Å². The van der Waals surface area contributed by atoms with Crippen molar-refractivity contribution in [3.63, 3.8) is 0 Å². The van der Waals surface area contributed by atoms with Gasteiger partial charge in [0.15, 0.2) is 0 Å². The van der Waals surface area contributed by atoms with Crippen LogP contribution >= 0.6 is 11.8 Å². The van der Waals surface area contributed by atoms with Crippen LogP contribution in [0.1, 0.15) is 31.0 Å². The third-order valence-electron chi connectivity index (χ3n) is 2.78. The van der Waals surface area contributed by atoms with Gasteiger partial charge in [0.2, 0.25) is 0 Å². The number of rotatable bonds is 8. The molecule has 0 heterocycles. The highest BCUT2D eigenvalue weighted by atomic mass is 32.2. The lowest BCUT2D eigenvalue weighted by Crippen LogP contribution is -2.13. The highest BCUT2D eigenvalue weighted by molar-refractivity contribution is 7.99. The molecule has 2 nitrogen and oxygen atoms in total. The van der Waals surface area contributed by atoms with Gasteiger partial charge in [0.25, 0.3) is 0 Å². The molecule has 2 N–H and O–H groups in total. The first kappa shape index (κ1) is 15.5. The van der Waals surface area contributed by atoms with Crippen LogP contribution in [0.3, 0.4) is 0 Å². The van der Waals surface area contributed by atoms with Gasteiger partial charge in [-0.05, 0) is 23.5 Å². The topological polar surface area (TPSA) is 35.2 Å². The maximum absolute atomic E-state index is 6.17. The number of benzene rings is 1. The van der Waals surface area contributed by atoms with Gasteiger partial charge < -0.3 is 10.5 Å². The summed E-state index contributed by atoms with van der Waals surface area (Å²) in [5.41, 5.74) is 8.79. The van der Waals surface area contributed by atoms with E-state index in [0.29, 0.717) is 5.92 Å². The molecule has 0 saturated carbocycles. The van der Waals surface area contributed by atoms with Crippen molar-refractivity contribution in [1.82, 2.24) is 0 Å². The summed E-state index contributed by atoms with van der Waals surface area (Å²) >= 11 is 1.85. The van der Waals surface area contributed by atoms with E-state index in [2.05, 4.69) is 38.1 Å². The number of thioether (sulfide) groups is 1. The summed E-state index contributed by atoms with van der Waals surface area (Å²) in [4.78, 5) is 0. The smallest absolute Gasteiger partial charge is 0.0552 e. The fourth-order valence-corrected chi connectivity index (χ4v) is 2.72. The molecule has 1 unspecified atom stereocenters. The van der Waals surface area contributed by atoms with Crippen LogP contribution in [0.15, 0.2) is 24.3 Å². The number of ether oxygens (including phenoxy) is 1.